The molecule has 3 aromatic rings. The monoisotopic (exact) mass is 634 g/mol. The number of thioether (sulfide) groups is 1. The van der Waals surface area contributed by atoms with Crippen LogP contribution in [-0.2, 0) is 29.6 Å². The van der Waals surface area contributed by atoms with E-state index in [0.29, 0.717) is 48.5 Å². The largest absolute Gasteiger partial charge is 0.379 e. The molecule has 0 bridgehead atoms. The molecular formula is C27H34N6O6S3. The van der Waals surface area contributed by atoms with Crippen LogP contribution in [0, 0.1) is 0 Å². The number of carbonyl (C=O) groups is 1. The summed E-state index contributed by atoms with van der Waals surface area (Å²) in [6, 6.07) is 12.5. The van der Waals surface area contributed by atoms with Crippen LogP contribution in [0.5, 0.6) is 0 Å². The number of hydrogen-bond donors (Lipinski definition) is 2. The Hall–Kier alpha value is -2.82. The second kappa shape index (κ2) is 13.2. The highest BCUT2D eigenvalue weighted by Crippen LogP contribution is 2.35. The van der Waals surface area contributed by atoms with Crippen LogP contribution in [0.25, 0.3) is 11.4 Å². The van der Waals surface area contributed by atoms with Crippen LogP contribution in [0.2, 0.25) is 0 Å². The average molecular weight is 635 g/mol. The summed E-state index contributed by atoms with van der Waals surface area (Å²) in [6.07, 6.45) is 6.30. The van der Waals surface area contributed by atoms with Crippen molar-refractivity contribution >= 4 is 43.4 Å². The molecular weight excluding hydrogens is 601 g/mol. The highest BCUT2D eigenvalue weighted by molar-refractivity contribution is 7.99. The summed E-state index contributed by atoms with van der Waals surface area (Å²) in [5.74, 6) is 0.328. The normalized spacial score (nSPS) is 17.5. The van der Waals surface area contributed by atoms with Gasteiger partial charge in [0.05, 0.1) is 28.8 Å². The van der Waals surface area contributed by atoms with Gasteiger partial charge in [0.15, 0.2) is 11.0 Å². The molecule has 1 aliphatic carbocycles. The van der Waals surface area contributed by atoms with Crippen LogP contribution < -0.4 is 10.5 Å². The van der Waals surface area contributed by atoms with Gasteiger partial charge in [0.1, 0.15) is 0 Å². The van der Waals surface area contributed by atoms with E-state index in [1.807, 2.05) is 6.07 Å². The molecule has 1 saturated carbocycles. The summed E-state index contributed by atoms with van der Waals surface area (Å²) in [5.41, 5.74) is 1.09. The summed E-state index contributed by atoms with van der Waals surface area (Å²) in [7, 11) is -7.52. The van der Waals surface area contributed by atoms with E-state index in [1.54, 1.807) is 18.2 Å². The van der Waals surface area contributed by atoms with Crippen LogP contribution in [-0.4, -0.2) is 73.9 Å². The lowest BCUT2D eigenvalue weighted by molar-refractivity contribution is -0.113. The zero-order valence-corrected chi connectivity index (χ0v) is 25.5. The summed E-state index contributed by atoms with van der Waals surface area (Å²) in [5, 5.41) is 17.4. The highest BCUT2D eigenvalue weighted by atomic mass is 32.2. The SMILES string of the molecule is NS(=O)(=O)c1ccc(NC(=O)CSc2nnc(-c3cccc(S(=O)(=O)N4CCOCC4)c3)n2C2CCCCCC2)cc1. The fraction of sp³-hybridized carbons (Fsp3) is 0.444. The average Bonchev–Trinajstić information content (AvgIpc) is 3.22. The number of hydrogen-bond acceptors (Lipinski definition) is 9. The van der Waals surface area contributed by atoms with Gasteiger partial charge in [-0.1, -0.05) is 49.6 Å². The predicted molar refractivity (Wildman–Crippen MR) is 159 cm³/mol. The molecule has 1 aliphatic heterocycles. The Kier molecular flexibility index (Phi) is 9.64. The third kappa shape index (κ3) is 7.21. The van der Waals surface area contributed by atoms with Crippen molar-refractivity contribution in [2.24, 2.45) is 5.14 Å². The van der Waals surface area contributed by atoms with Gasteiger partial charge in [-0.2, -0.15) is 4.31 Å². The molecule has 1 saturated heterocycles. The highest BCUT2D eigenvalue weighted by Gasteiger charge is 2.28. The molecule has 2 heterocycles. The molecule has 0 radical (unpaired) electrons. The number of ether oxygens (including phenoxy) is 1. The first-order valence-electron chi connectivity index (χ1n) is 13.8. The Labute approximate surface area is 250 Å². The summed E-state index contributed by atoms with van der Waals surface area (Å²) in [6.45, 7) is 1.35. The molecule has 3 N–H and O–H groups in total. The van der Waals surface area contributed by atoms with Crippen molar-refractivity contribution in [3.8, 4) is 11.4 Å². The first-order valence-corrected chi connectivity index (χ1v) is 17.8. The lowest BCUT2D eigenvalue weighted by atomic mass is 10.1. The molecule has 42 heavy (non-hydrogen) atoms. The number of nitrogens with zero attached hydrogens (tertiary/aromatic N) is 4. The van der Waals surface area contributed by atoms with E-state index in [1.165, 1.54) is 40.3 Å². The molecule has 226 valence electrons. The second-order valence-electron chi connectivity index (χ2n) is 10.3. The molecule has 2 fully saturated rings. The first kappa shape index (κ1) is 30.6. The molecule has 12 nitrogen and oxygen atoms in total. The lowest BCUT2D eigenvalue weighted by Gasteiger charge is -2.26. The quantitative estimate of drug-likeness (QED) is 0.265. The van der Waals surface area contributed by atoms with Crippen LogP contribution in [0.15, 0.2) is 63.5 Å². The minimum atomic E-state index is -3.83. The van der Waals surface area contributed by atoms with Gasteiger partial charge < -0.3 is 10.1 Å². The minimum Gasteiger partial charge on any atom is -0.379 e. The number of primary sulfonamides is 1. The molecule has 1 amide bonds. The van der Waals surface area contributed by atoms with Crippen LogP contribution in [0.4, 0.5) is 5.69 Å². The number of aromatic nitrogens is 3. The summed E-state index contributed by atoms with van der Waals surface area (Å²) >= 11 is 1.25. The smallest absolute Gasteiger partial charge is 0.243 e. The fourth-order valence-electron chi connectivity index (χ4n) is 5.20. The third-order valence-electron chi connectivity index (χ3n) is 7.35. The second-order valence-corrected chi connectivity index (χ2v) is 14.7. The van der Waals surface area contributed by atoms with E-state index in [9.17, 15) is 21.6 Å². The van der Waals surface area contributed by atoms with Crippen LogP contribution in [0.1, 0.15) is 44.6 Å². The van der Waals surface area contributed by atoms with Crippen molar-refractivity contribution in [3.63, 3.8) is 0 Å². The zero-order valence-electron chi connectivity index (χ0n) is 23.0. The Bertz CT molecular complexity index is 1610. The first-order chi connectivity index (χ1) is 20.1. The van der Waals surface area contributed by atoms with Crippen molar-refractivity contribution in [3.05, 3.63) is 48.5 Å². The van der Waals surface area contributed by atoms with Gasteiger partial charge in [-0.3, -0.25) is 9.36 Å². The van der Waals surface area contributed by atoms with Gasteiger partial charge in [-0.15, -0.1) is 10.2 Å². The molecule has 1 aromatic heterocycles. The van der Waals surface area contributed by atoms with Gasteiger partial charge in [0.2, 0.25) is 26.0 Å². The zero-order chi connectivity index (χ0) is 29.7. The van der Waals surface area contributed by atoms with E-state index in [4.69, 9.17) is 9.88 Å². The lowest BCUT2D eigenvalue weighted by Crippen LogP contribution is -2.40. The Morgan fingerprint density at radius 3 is 2.31 bits per heavy atom. The molecule has 0 spiro atoms. The van der Waals surface area contributed by atoms with Gasteiger partial charge >= 0.3 is 0 Å². The molecule has 0 unspecified atom stereocenters. The number of rotatable bonds is 9. The number of sulfonamides is 2. The van der Waals surface area contributed by atoms with Crippen molar-refractivity contribution < 1.29 is 26.4 Å². The van der Waals surface area contributed by atoms with Gasteiger partial charge in [-0.25, -0.2) is 22.0 Å². The Balaban J connectivity index is 1.38. The fourth-order valence-corrected chi connectivity index (χ4v) is 7.98. The van der Waals surface area contributed by atoms with Crippen molar-refractivity contribution in [2.75, 3.05) is 37.4 Å². The number of morpholine rings is 1. The van der Waals surface area contributed by atoms with E-state index < -0.39 is 20.0 Å². The van der Waals surface area contributed by atoms with Crippen molar-refractivity contribution in [2.45, 2.75) is 59.5 Å². The van der Waals surface area contributed by atoms with Gasteiger partial charge in [0, 0.05) is 30.4 Å². The van der Waals surface area contributed by atoms with Crippen LogP contribution in [0.3, 0.4) is 0 Å². The standard InChI is InChI=1S/C27H34N6O6S3/c28-41(35,36)23-12-10-21(11-13-23)29-25(34)19-40-27-31-30-26(33(27)22-7-3-1-2-4-8-22)20-6-5-9-24(18-20)42(37,38)32-14-16-39-17-15-32/h5-6,9-13,18,22H,1-4,7-8,14-17,19H2,(H,29,34)(H2,28,35,36). The van der Waals surface area contributed by atoms with Crippen LogP contribution >= 0.6 is 11.8 Å². The number of anilines is 1. The number of amides is 1. The van der Waals surface area contributed by atoms with E-state index in [2.05, 4.69) is 20.1 Å². The van der Waals surface area contributed by atoms with Crippen molar-refractivity contribution in [1.29, 1.82) is 0 Å². The summed E-state index contributed by atoms with van der Waals surface area (Å²) in [4.78, 5) is 12.9. The maximum Gasteiger partial charge on any atom is 0.243 e. The molecule has 15 heteroatoms. The maximum atomic E-state index is 13.3. The Morgan fingerprint density at radius 2 is 1.64 bits per heavy atom. The topological polar surface area (TPSA) is 167 Å². The number of nitrogens with two attached hydrogens (primary N) is 1. The number of carbonyl (C=O) groups excluding carboxylic acids is 1. The molecule has 2 aromatic carbocycles. The number of nitrogens with one attached hydrogen (secondary N) is 1. The van der Waals surface area contributed by atoms with Gasteiger partial charge in [0.25, 0.3) is 0 Å². The Morgan fingerprint density at radius 1 is 0.952 bits per heavy atom. The predicted octanol–water partition coefficient (Wildman–Crippen LogP) is 3.24. The van der Waals surface area contributed by atoms with Gasteiger partial charge in [-0.05, 0) is 49.2 Å². The van der Waals surface area contributed by atoms with E-state index in [0.717, 1.165) is 38.5 Å². The third-order valence-corrected chi connectivity index (χ3v) is 11.1. The molecule has 2 aliphatic rings. The molecule has 0 atom stereocenters. The van der Waals surface area contributed by atoms with E-state index >= 15 is 0 Å². The minimum absolute atomic E-state index is 0.0410. The van der Waals surface area contributed by atoms with E-state index in [-0.39, 0.29) is 27.5 Å². The molecule has 5 rings (SSSR count). The summed E-state index contributed by atoms with van der Waals surface area (Å²) < 4.78 is 58.5. The van der Waals surface area contributed by atoms with Crippen molar-refractivity contribution in [1.82, 2.24) is 19.1 Å². The number of benzene rings is 2. The maximum absolute atomic E-state index is 13.3.